The van der Waals surface area contributed by atoms with E-state index in [0.717, 1.165) is 12.0 Å². The summed E-state index contributed by atoms with van der Waals surface area (Å²) < 4.78 is 17.8. The Bertz CT molecular complexity index is 1420. The van der Waals surface area contributed by atoms with Crippen molar-refractivity contribution in [3.8, 4) is 0 Å². The Morgan fingerprint density at radius 1 is 0.843 bits per heavy atom. The Balaban J connectivity index is 1.36. The monoisotopic (exact) mass is 724 g/mol. The van der Waals surface area contributed by atoms with Crippen LogP contribution in [0.25, 0.3) is 0 Å². The first kappa shape index (κ1) is 39.0. The Labute approximate surface area is 300 Å². The van der Waals surface area contributed by atoms with Gasteiger partial charge in [-0.2, -0.15) is 0 Å². The molecule has 0 spiro atoms. The Morgan fingerprint density at radius 3 is 2.10 bits per heavy atom. The summed E-state index contributed by atoms with van der Waals surface area (Å²) >= 11 is 0. The lowest BCUT2D eigenvalue weighted by molar-refractivity contribution is -0.328. The maximum atomic E-state index is 12.6. The van der Waals surface area contributed by atoms with E-state index in [9.17, 15) is 50.4 Å². The number of carbonyl (C=O) groups is 2. The number of fused-ring (bicyclic) bond motifs is 7. The molecule has 1 saturated heterocycles. The summed E-state index contributed by atoms with van der Waals surface area (Å²) in [5, 5.41) is 86.2. The van der Waals surface area contributed by atoms with Crippen molar-refractivity contribution in [2.24, 2.45) is 50.2 Å². The zero-order chi connectivity index (χ0) is 37.9. The number of aliphatic carboxylic acids is 1. The van der Waals surface area contributed by atoms with Gasteiger partial charge in [0.1, 0.15) is 24.4 Å². The van der Waals surface area contributed by atoms with Crippen molar-refractivity contribution >= 4 is 11.9 Å². The van der Waals surface area contributed by atoms with Crippen LogP contribution < -0.4 is 0 Å². The Hall–Kier alpha value is -1.68. The van der Waals surface area contributed by atoms with Crippen LogP contribution in [0.15, 0.2) is 11.6 Å². The van der Waals surface area contributed by atoms with Crippen LogP contribution in [-0.2, 0) is 23.8 Å². The number of rotatable bonds is 6. The van der Waals surface area contributed by atoms with E-state index in [1.54, 1.807) is 0 Å². The number of aliphatic hydroxyl groups is 7. The van der Waals surface area contributed by atoms with E-state index in [1.807, 2.05) is 20.8 Å². The lowest BCUT2D eigenvalue weighted by Gasteiger charge is -2.72. The minimum Gasteiger partial charge on any atom is -0.479 e. The fourth-order valence-electron chi connectivity index (χ4n) is 12.8. The number of carboxylic acid groups (broad SMARTS) is 1. The van der Waals surface area contributed by atoms with Gasteiger partial charge in [0.05, 0.1) is 36.9 Å². The zero-order valence-electron chi connectivity index (χ0n) is 31.0. The third kappa shape index (κ3) is 5.27. The van der Waals surface area contributed by atoms with Crippen LogP contribution in [0, 0.1) is 50.2 Å². The topological polar surface area (TPSA) is 224 Å². The molecule has 4 saturated carbocycles. The zero-order valence-corrected chi connectivity index (χ0v) is 31.0. The van der Waals surface area contributed by atoms with E-state index in [1.165, 1.54) is 6.92 Å². The predicted molar refractivity (Wildman–Crippen MR) is 180 cm³/mol. The molecule has 5 fully saturated rings. The molecular weight excluding hydrogens is 664 g/mol. The molecule has 6 aliphatic rings. The number of hydrogen-bond acceptors (Lipinski definition) is 12. The highest BCUT2D eigenvalue weighted by Crippen LogP contribution is 2.76. The highest BCUT2D eigenvalue weighted by atomic mass is 16.7. The van der Waals surface area contributed by atoms with Gasteiger partial charge in [-0.1, -0.05) is 53.2 Å². The largest absolute Gasteiger partial charge is 0.479 e. The van der Waals surface area contributed by atoms with Crippen LogP contribution in [0.4, 0.5) is 0 Å². The van der Waals surface area contributed by atoms with Gasteiger partial charge in [0.25, 0.3) is 0 Å². The number of allylic oxidation sites excluding steroid dienone is 2. The van der Waals surface area contributed by atoms with Crippen molar-refractivity contribution in [3.63, 3.8) is 0 Å². The third-order valence-corrected chi connectivity index (χ3v) is 15.9. The van der Waals surface area contributed by atoms with E-state index in [4.69, 9.17) is 14.2 Å². The van der Waals surface area contributed by atoms with Crippen LogP contribution in [0.3, 0.4) is 0 Å². The van der Waals surface area contributed by atoms with Gasteiger partial charge in [0.2, 0.25) is 0 Å². The molecule has 0 aromatic carbocycles. The number of carboxylic acids is 1. The third-order valence-electron chi connectivity index (χ3n) is 15.9. The molecule has 0 aromatic rings. The second-order valence-corrected chi connectivity index (χ2v) is 18.6. The van der Waals surface area contributed by atoms with E-state index in [0.29, 0.717) is 38.5 Å². The highest BCUT2D eigenvalue weighted by Gasteiger charge is 2.73. The van der Waals surface area contributed by atoms with E-state index in [-0.39, 0.29) is 35.2 Å². The van der Waals surface area contributed by atoms with Crippen molar-refractivity contribution in [2.45, 2.75) is 149 Å². The first-order chi connectivity index (χ1) is 23.6. The van der Waals surface area contributed by atoms with E-state index >= 15 is 0 Å². The van der Waals surface area contributed by atoms with Crippen LogP contribution in [0.1, 0.15) is 93.4 Å². The normalized spacial score (nSPS) is 53.4. The van der Waals surface area contributed by atoms with Crippen molar-refractivity contribution < 1.29 is 64.7 Å². The fraction of sp³-hybridized carbons (Fsp3) is 0.895. The van der Waals surface area contributed by atoms with Gasteiger partial charge in [0.15, 0.2) is 12.4 Å². The molecule has 0 aromatic heterocycles. The quantitative estimate of drug-likeness (QED) is 0.111. The first-order valence-electron chi connectivity index (χ1n) is 18.6. The molecule has 1 heterocycles. The highest BCUT2D eigenvalue weighted by molar-refractivity contribution is 5.73. The van der Waals surface area contributed by atoms with Gasteiger partial charge in [-0.05, 0) is 84.4 Å². The second-order valence-electron chi connectivity index (χ2n) is 18.6. The van der Waals surface area contributed by atoms with Gasteiger partial charge >= 0.3 is 11.9 Å². The molecule has 8 N–H and O–H groups in total. The average molecular weight is 725 g/mol. The fourth-order valence-corrected chi connectivity index (χ4v) is 12.8. The molecule has 51 heavy (non-hydrogen) atoms. The summed E-state index contributed by atoms with van der Waals surface area (Å²) in [5.41, 5.74) is -2.78. The average Bonchev–Trinajstić information content (AvgIpc) is 3.05. The predicted octanol–water partition coefficient (Wildman–Crippen LogP) is 1.51. The van der Waals surface area contributed by atoms with Crippen molar-refractivity contribution in [1.29, 1.82) is 0 Å². The van der Waals surface area contributed by atoms with Crippen LogP contribution in [0.2, 0.25) is 0 Å². The molecule has 290 valence electrons. The minimum atomic E-state index is -1.84. The van der Waals surface area contributed by atoms with Crippen LogP contribution in [-0.4, -0.2) is 121 Å². The lowest BCUT2D eigenvalue weighted by Crippen LogP contribution is -2.72. The smallest absolute Gasteiger partial charge is 0.335 e. The molecule has 1 aliphatic heterocycles. The molecule has 0 amide bonds. The summed E-state index contributed by atoms with van der Waals surface area (Å²) in [5.74, 6) is -2.30. The van der Waals surface area contributed by atoms with Crippen molar-refractivity contribution in [1.82, 2.24) is 0 Å². The summed E-state index contributed by atoms with van der Waals surface area (Å²) in [4.78, 5) is 24.4. The molecule has 0 radical (unpaired) electrons. The molecule has 0 bridgehead atoms. The SMILES string of the molecule is CC(=O)O[C@H]1C[C@]2(C)C(=CCC3[C@@]4(C)CC[C@H](O[C@@H]5OC(C(=O)O)C(O)[C@@H](O)[C@@H]5O)[C@@](C)(CO)C4CC[C@]32C)C2CC(C)(C)[C@@H](O)[C@H](O)[C@@]21CO. The minimum absolute atomic E-state index is 0.0631. The molecule has 5 aliphatic carbocycles. The van der Waals surface area contributed by atoms with Gasteiger partial charge < -0.3 is 55.1 Å². The number of esters is 1. The van der Waals surface area contributed by atoms with Gasteiger partial charge in [0, 0.05) is 12.3 Å². The molecular formula is C38H60O13. The summed E-state index contributed by atoms with van der Waals surface area (Å²) in [6.07, 6.45) is -6.13. The standard InChI is InChI=1S/C38H60O13/c1-18(41)49-24-15-37(7)19(20-14-33(2,3)29(45)30(46)38(20,24)17-40)8-9-22-34(4)12-11-23(35(5,16-39)21(34)10-13-36(22,37)6)50-32-27(44)25(42)26(43)28(51-32)31(47)48/h8,20-30,32,39-40,42-46H,9-17H2,1-7H3,(H,47,48)/t20?,21?,22?,23-,24-,25+,26?,27-,28?,29-,30-,32+,34-,35-,36+,37+,38-/m0/s1. The summed E-state index contributed by atoms with van der Waals surface area (Å²) in [7, 11) is 0. The second kappa shape index (κ2) is 12.7. The van der Waals surface area contributed by atoms with Gasteiger partial charge in [-0.3, -0.25) is 4.79 Å². The van der Waals surface area contributed by atoms with E-state index < -0.39 is 95.3 Å². The molecule has 17 atom stereocenters. The molecule has 6 rings (SSSR count). The number of aliphatic hydroxyl groups excluding tert-OH is 7. The van der Waals surface area contributed by atoms with Crippen molar-refractivity contribution in [3.05, 3.63) is 11.6 Å². The summed E-state index contributed by atoms with van der Waals surface area (Å²) in [6.45, 7) is 13.3. The van der Waals surface area contributed by atoms with Gasteiger partial charge in [-0.15, -0.1) is 0 Å². The summed E-state index contributed by atoms with van der Waals surface area (Å²) in [6, 6.07) is 0. The molecule has 13 heteroatoms. The lowest BCUT2D eigenvalue weighted by atomic mass is 9.33. The number of hydrogen-bond donors (Lipinski definition) is 8. The van der Waals surface area contributed by atoms with E-state index in [2.05, 4.69) is 26.8 Å². The maximum Gasteiger partial charge on any atom is 0.335 e. The number of ether oxygens (including phenoxy) is 3. The van der Waals surface area contributed by atoms with Gasteiger partial charge in [-0.25, -0.2) is 4.79 Å². The molecule has 13 nitrogen and oxygen atoms in total. The van der Waals surface area contributed by atoms with Crippen LogP contribution >= 0.6 is 0 Å². The van der Waals surface area contributed by atoms with Crippen molar-refractivity contribution in [2.75, 3.05) is 13.2 Å². The maximum absolute atomic E-state index is 12.6. The Morgan fingerprint density at radius 2 is 1.51 bits per heavy atom. The Kier molecular flexibility index (Phi) is 9.71. The first-order valence-corrected chi connectivity index (χ1v) is 18.6. The van der Waals surface area contributed by atoms with Crippen LogP contribution in [0.5, 0.6) is 0 Å². The molecule has 5 unspecified atom stereocenters. The number of carbonyl (C=O) groups excluding carboxylic acids is 1.